The van der Waals surface area contributed by atoms with Gasteiger partial charge >= 0.3 is 5.97 Å². The zero-order chi connectivity index (χ0) is 19.6. The van der Waals surface area contributed by atoms with Gasteiger partial charge in [0.2, 0.25) is 0 Å². The monoisotopic (exact) mass is 357 g/mol. The fraction of sp³-hybridized carbons (Fsp3) is 0.0952. The SMILES string of the molecule is CC1=C(C#N)C(c2cccc(C(=O)O)c2)C(C#N)=C(c2ccc(O)cc2)N1. The Kier molecular flexibility index (Phi) is 4.66. The number of nitriles is 2. The van der Waals surface area contributed by atoms with Crippen molar-refractivity contribution in [3.63, 3.8) is 0 Å². The van der Waals surface area contributed by atoms with Crippen LogP contribution in [0.1, 0.15) is 34.3 Å². The van der Waals surface area contributed by atoms with Crippen molar-refractivity contribution in [2.45, 2.75) is 12.8 Å². The third-order valence-corrected chi connectivity index (χ3v) is 4.43. The Morgan fingerprint density at radius 1 is 1.07 bits per heavy atom. The molecular formula is C21H15N3O3. The van der Waals surface area contributed by atoms with Crippen LogP contribution in [0.5, 0.6) is 5.75 Å². The molecule has 27 heavy (non-hydrogen) atoms. The number of phenols is 1. The lowest BCUT2D eigenvalue weighted by Gasteiger charge is -2.28. The highest BCUT2D eigenvalue weighted by atomic mass is 16.4. The van der Waals surface area contributed by atoms with Gasteiger partial charge in [-0.15, -0.1) is 0 Å². The predicted octanol–water partition coefficient (Wildman–Crippen LogP) is 3.51. The molecule has 0 saturated carbocycles. The van der Waals surface area contributed by atoms with Crippen LogP contribution in [0, 0.1) is 22.7 Å². The lowest BCUT2D eigenvalue weighted by Crippen LogP contribution is -2.24. The summed E-state index contributed by atoms with van der Waals surface area (Å²) >= 11 is 0. The van der Waals surface area contributed by atoms with Gasteiger partial charge in [-0.1, -0.05) is 12.1 Å². The standard InChI is InChI=1S/C21H15N3O3/c1-12-17(10-22)19(14-3-2-4-15(9-14)21(26)27)18(11-23)20(24-12)13-5-7-16(25)8-6-13/h2-9,19,24-25H,1H3,(H,26,27). The third-order valence-electron chi connectivity index (χ3n) is 4.43. The molecule has 0 radical (unpaired) electrons. The molecule has 1 heterocycles. The lowest BCUT2D eigenvalue weighted by molar-refractivity contribution is 0.0696. The van der Waals surface area contributed by atoms with Gasteiger partial charge in [0.15, 0.2) is 0 Å². The summed E-state index contributed by atoms with van der Waals surface area (Å²) in [6.07, 6.45) is 0. The van der Waals surface area contributed by atoms with E-state index in [1.54, 1.807) is 31.2 Å². The lowest BCUT2D eigenvalue weighted by atomic mass is 9.80. The maximum absolute atomic E-state index is 11.3. The van der Waals surface area contributed by atoms with Crippen LogP contribution in [0.4, 0.5) is 0 Å². The Labute approximate surface area is 155 Å². The van der Waals surface area contributed by atoms with E-state index in [4.69, 9.17) is 0 Å². The second-order valence-corrected chi connectivity index (χ2v) is 6.09. The number of carbonyl (C=O) groups is 1. The highest BCUT2D eigenvalue weighted by Crippen LogP contribution is 2.40. The van der Waals surface area contributed by atoms with Crippen LogP contribution in [-0.2, 0) is 0 Å². The zero-order valence-corrected chi connectivity index (χ0v) is 14.4. The summed E-state index contributed by atoms with van der Waals surface area (Å²) in [6, 6.07) is 16.9. The number of hydrogen-bond acceptors (Lipinski definition) is 5. The number of carboxylic acids is 1. The number of rotatable bonds is 3. The van der Waals surface area contributed by atoms with Gasteiger partial charge in [-0.05, 0) is 54.4 Å². The maximum atomic E-state index is 11.3. The number of carboxylic acid groups (broad SMARTS) is 1. The maximum Gasteiger partial charge on any atom is 0.335 e. The van der Waals surface area contributed by atoms with E-state index >= 15 is 0 Å². The van der Waals surface area contributed by atoms with Crippen LogP contribution < -0.4 is 5.32 Å². The van der Waals surface area contributed by atoms with Gasteiger partial charge in [-0.25, -0.2) is 4.79 Å². The van der Waals surface area contributed by atoms with Crippen LogP contribution in [0.25, 0.3) is 5.70 Å². The fourth-order valence-corrected chi connectivity index (χ4v) is 3.14. The van der Waals surface area contributed by atoms with E-state index in [0.717, 1.165) is 0 Å². The molecule has 6 heteroatoms. The normalized spacial score (nSPS) is 16.3. The largest absolute Gasteiger partial charge is 0.508 e. The second kappa shape index (κ2) is 7.07. The van der Waals surface area contributed by atoms with Crippen molar-refractivity contribution in [3.8, 4) is 17.9 Å². The molecule has 6 nitrogen and oxygen atoms in total. The van der Waals surface area contributed by atoms with E-state index in [0.29, 0.717) is 33.7 Å². The van der Waals surface area contributed by atoms with Crippen molar-refractivity contribution in [2.24, 2.45) is 0 Å². The van der Waals surface area contributed by atoms with Crippen molar-refractivity contribution >= 4 is 11.7 Å². The number of aromatic carboxylic acids is 1. The number of phenolic OH excluding ortho intramolecular Hbond substituents is 1. The first-order chi connectivity index (χ1) is 13.0. The fourth-order valence-electron chi connectivity index (χ4n) is 3.14. The molecule has 1 aliphatic rings. The van der Waals surface area contributed by atoms with Crippen LogP contribution in [-0.4, -0.2) is 16.2 Å². The second-order valence-electron chi connectivity index (χ2n) is 6.09. The molecule has 0 fully saturated rings. The van der Waals surface area contributed by atoms with Crippen LogP contribution in [0.15, 0.2) is 65.4 Å². The van der Waals surface area contributed by atoms with E-state index in [1.165, 1.54) is 24.3 Å². The minimum Gasteiger partial charge on any atom is -0.508 e. The van der Waals surface area contributed by atoms with Gasteiger partial charge in [0.25, 0.3) is 0 Å². The Bertz CT molecular complexity index is 1070. The van der Waals surface area contributed by atoms with Crippen molar-refractivity contribution in [1.82, 2.24) is 5.32 Å². The molecule has 1 atom stereocenters. The first kappa shape index (κ1) is 17.8. The van der Waals surface area contributed by atoms with Crippen LogP contribution >= 0.6 is 0 Å². The van der Waals surface area contributed by atoms with Crippen molar-refractivity contribution in [2.75, 3.05) is 0 Å². The molecule has 3 rings (SSSR count). The molecule has 0 aromatic heterocycles. The number of benzene rings is 2. The number of dihydropyridines is 1. The summed E-state index contributed by atoms with van der Waals surface area (Å²) in [7, 11) is 0. The van der Waals surface area contributed by atoms with Gasteiger partial charge in [-0.2, -0.15) is 10.5 Å². The number of aromatic hydroxyl groups is 1. The molecule has 0 saturated heterocycles. The molecule has 0 spiro atoms. The van der Waals surface area contributed by atoms with Gasteiger partial charge in [-0.3, -0.25) is 0 Å². The number of allylic oxidation sites excluding steroid dienone is 3. The molecule has 0 bridgehead atoms. The molecule has 132 valence electrons. The number of hydrogen-bond donors (Lipinski definition) is 3. The Balaban J connectivity index is 2.24. The van der Waals surface area contributed by atoms with E-state index in [1.807, 2.05) is 0 Å². The van der Waals surface area contributed by atoms with E-state index in [2.05, 4.69) is 17.5 Å². The summed E-state index contributed by atoms with van der Waals surface area (Å²) in [4.78, 5) is 11.3. The molecule has 2 aromatic carbocycles. The van der Waals surface area contributed by atoms with Gasteiger partial charge in [0, 0.05) is 5.70 Å². The van der Waals surface area contributed by atoms with E-state index < -0.39 is 11.9 Å². The third kappa shape index (κ3) is 3.24. The average molecular weight is 357 g/mol. The first-order valence-corrected chi connectivity index (χ1v) is 8.11. The zero-order valence-electron chi connectivity index (χ0n) is 14.4. The summed E-state index contributed by atoms with van der Waals surface area (Å²) in [5, 5.41) is 41.4. The Hall–Kier alpha value is -4.03. The molecular weight excluding hydrogens is 342 g/mol. The van der Waals surface area contributed by atoms with Gasteiger partial charge in [0.05, 0.1) is 40.5 Å². The number of nitrogens with zero attached hydrogens (tertiary/aromatic N) is 2. The summed E-state index contributed by atoms with van der Waals surface area (Å²) in [5.74, 6) is -1.65. The molecule has 3 N–H and O–H groups in total. The van der Waals surface area contributed by atoms with Crippen molar-refractivity contribution in [1.29, 1.82) is 10.5 Å². The van der Waals surface area contributed by atoms with Crippen molar-refractivity contribution < 1.29 is 15.0 Å². The highest BCUT2D eigenvalue weighted by molar-refractivity contribution is 5.88. The smallest absolute Gasteiger partial charge is 0.335 e. The molecule has 1 aliphatic heterocycles. The van der Waals surface area contributed by atoms with Crippen LogP contribution in [0.2, 0.25) is 0 Å². The summed E-state index contributed by atoms with van der Waals surface area (Å²) in [5.41, 5.74) is 3.11. The Morgan fingerprint density at radius 2 is 1.74 bits per heavy atom. The topological polar surface area (TPSA) is 117 Å². The van der Waals surface area contributed by atoms with Crippen molar-refractivity contribution in [3.05, 3.63) is 82.1 Å². The van der Waals surface area contributed by atoms with Crippen LogP contribution in [0.3, 0.4) is 0 Å². The number of nitrogens with one attached hydrogen (secondary N) is 1. The van der Waals surface area contributed by atoms with Gasteiger partial charge in [0.1, 0.15) is 5.75 Å². The minimum absolute atomic E-state index is 0.0875. The molecule has 2 aromatic rings. The summed E-state index contributed by atoms with van der Waals surface area (Å²) in [6.45, 7) is 1.74. The summed E-state index contributed by atoms with van der Waals surface area (Å²) < 4.78 is 0. The predicted molar refractivity (Wildman–Crippen MR) is 98.2 cm³/mol. The average Bonchev–Trinajstić information content (AvgIpc) is 2.67. The van der Waals surface area contributed by atoms with Gasteiger partial charge < -0.3 is 15.5 Å². The first-order valence-electron chi connectivity index (χ1n) is 8.11. The highest BCUT2D eigenvalue weighted by Gasteiger charge is 2.31. The Morgan fingerprint density at radius 3 is 2.33 bits per heavy atom. The quantitative estimate of drug-likeness (QED) is 0.774. The molecule has 1 unspecified atom stereocenters. The van der Waals surface area contributed by atoms with E-state index in [-0.39, 0.29) is 11.3 Å². The molecule has 0 aliphatic carbocycles. The minimum atomic E-state index is -1.08. The molecule has 0 amide bonds. The van der Waals surface area contributed by atoms with E-state index in [9.17, 15) is 25.5 Å².